The van der Waals surface area contributed by atoms with E-state index in [1.807, 2.05) is 0 Å². The number of ether oxygens (including phenoxy) is 1. The first-order valence-electron chi connectivity index (χ1n) is 4.30. The molecule has 1 atom stereocenters. The van der Waals surface area contributed by atoms with Gasteiger partial charge in [0.1, 0.15) is 0 Å². The highest BCUT2D eigenvalue weighted by Gasteiger charge is 2.08. The lowest BCUT2D eigenvalue weighted by atomic mass is 10.2. The Morgan fingerprint density at radius 1 is 1.54 bits per heavy atom. The van der Waals surface area contributed by atoms with Crippen LogP contribution in [0.1, 0.15) is 6.92 Å². The van der Waals surface area contributed by atoms with Gasteiger partial charge in [0.05, 0.1) is 25.7 Å². The third-order valence-electron chi connectivity index (χ3n) is 1.53. The summed E-state index contributed by atoms with van der Waals surface area (Å²) in [5, 5.41) is 19.8. The van der Waals surface area contributed by atoms with Gasteiger partial charge in [-0.05, 0) is 0 Å². The lowest BCUT2D eigenvalue weighted by molar-refractivity contribution is -0.140. The summed E-state index contributed by atoms with van der Waals surface area (Å²) in [4.78, 5) is 10.4. The molecule has 1 unspecified atom stereocenters. The van der Waals surface area contributed by atoms with Gasteiger partial charge in [-0.3, -0.25) is 4.79 Å². The third kappa shape index (κ3) is 7.70. The molecule has 0 spiro atoms. The number of carbonyl (C=O) groups is 1. The largest absolute Gasteiger partial charge is 0.481 e. The number of carboxylic acids is 1. The molecule has 3 N–H and O–H groups in total. The summed E-state index contributed by atoms with van der Waals surface area (Å²) in [7, 11) is 0. The van der Waals surface area contributed by atoms with Gasteiger partial charge in [-0.2, -0.15) is 0 Å². The molecule has 0 aliphatic carbocycles. The molecule has 13 heavy (non-hydrogen) atoms. The van der Waals surface area contributed by atoms with Crippen LogP contribution in [0.2, 0.25) is 0 Å². The van der Waals surface area contributed by atoms with Crippen molar-refractivity contribution in [3.8, 4) is 0 Å². The van der Waals surface area contributed by atoms with E-state index in [1.54, 1.807) is 6.92 Å². The van der Waals surface area contributed by atoms with Crippen molar-refractivity contribution in [2.45, 2.75) is 6.92 Å². The van der Waals surface area contributed by atoms with Gasteiger partial charge in [-0.1, -0.05) is 6.92 Å². The second kappa shape index (κ2) is 7.97. The Bertz CT molecular complexity index is 140. The van der Waals surface area contributed by atoms with Crippen molar-refractivity contribution in [1.82, 2.24) is 5.32 Å². The molecule has 5 heteroatoms. The van der Waals surface area contributed by atoms with Crippen molar-refractivity contribution in [2.24, 2.45) is 5.92 Å². The van der Waals surface area contributed by atoms with Gasteiger partial charge < -0.3 is 20.3 Å². The number of rotatable bonds is 8. The van der Waals surface area contributed by atoms with E-state index in [4.69, 9.17) is 14.9 Å². The fourth-order valence-electron chi connectivity index (χ4n) is 0.717. The Hall–Kier alpha value is -0.650. The third-order valence-corrected chi connectivity index (χ3v) is 1.53. The van der Waals surface area contributed by atoms with Gasteiger partial charge in [0.25, 0.3) is 0 Å². The minimum atomic E-state index is -0.802. The van der Waals surface area contributed by atoms with Crippen molar-refractivity contribution in [3.63, 3.8) is 0 Å². The molecule has 0 rings (SSSR count). The van der Waals surface area contributed by atoms with E-state index in [-0.39, 0.29) is 12.5 Å². The molecule has 0 saturated carbocycles. The number of hydrogen-bond donors (Lipinski definition) is 3. The van der Waals surface area contributed by atoms with Crippen LogP contribution in [0.3, 0.4) is 0 Å². The molecule has 0 bridgehead atoms. The van der Waals surface area contributed by atoms with E-state index in [1.165, 1.54) is 0 Å². The van der Waals surface area contributed by atoms with Crippen LogP contribution < -0.4 is 5.32 Å². The van der Waals surface area contributed by atoms with Crippen molar-refractivity contribution in [2.75, 3.05) is 32.9 Å². The highest BCUT2D eigenvalue weighted by atomic mass is 16.5. The van der Waals surface area contributed by atoms with E-state index < -0.39 is 5.97 Å². The quantitative estimate of drug-likeness (QED) is 0.442. The minimum absolute atomic E-state index is 0.0194. The van der Waals surface area contributed by atoms with Crippen molar-refractivity contribution in [3.05, 3.63) is 0 Å². The SMILES string of the molecule is CC(CNCCOCCO)C(=O)O. The normalized spacial score (nSPS) is 12.8. The summed E-state index contributed by atoms with van der Waals surface area (Å²) in [6.07, 6.45) is 0. The lowest BCUT2D eigenvalue weighted by Gasteiger charge is -2.07. The molecule has 0 aromatic heterocycles. The van der Waals surface area contributed by atoms with E-state index in [9.17, 15) is 4.79 Å². The van der Waals surface area contributed by atoms with Crippen molar-refractivity contribution in [1.29, 1.82) is 0 Å². The second-order valence-corrected chi connectivity index (χ2v) is 2.78. The molecular weight excluding hydrogens is 174 g/mol. The van der Waals surface area contributed by atoms with E-state index in [0.29, 0.717) is 26.3 Å². The number of aliphatic hydroxyl groups excluding tert-OH is 1. The van der Waals surface area contributed by atoms with Gasteiger partial charge in [0, 0.05) is 13.1 Å². The summed E-state index contributed by atoms with van der Waals surface area (Å²) in [6, 6.07) is 0. The van der Waals surface area contributed by atoms with E-state index >= 15 is 0 Å². The summed E-state index contributed by atoms with van der Waals surface area (Å²) in [5.41, 5.74) is 0. The average Bonchev–Trinajstić information content (AvgIpc) is 2.10. The number of nitrogens with one attached hydrogen (secondary N) is 1. The highest BCUT2D eigenvalue weighted by Crippen LogP contribution is 1.90. The molecule has 0 amide bonds. The average molecular weight is 191 g/mol. The fraction of sp³-hybridized carbons (Fsp3) is 0.875. The van der Waals surface area contributed by atoms with Crippen LogP contribution in [0.4, 0.5) is 0 Å². The Morgan fingerprint density at radius 2 is 2.23 bits per heavy atom. The van der Waals surface area contributed by atoms with Gasteiger partial charge >= 0.3 is 5.97 Å². The molecule has 0 saturated heterocycles. The molecular formula is C8H17NO4. The van der Waals surface area contributed by atoms with E-state index in [0.717, 1.165) is 0 Å². The van der Waals surface area contributed by atoms with Gasteiger partial charge in [0.15, 0.2) is 0 Å². The molecule has 0 aliphatic rings. The standard InChI is InChI=1S/C8H17NO4/c1-7(8(11)12)6-9-2-4-13-5-3-10/h7,9-10H,2-6H2,1H3,(H,11,12). The number of hydrogen-bond acceptors (Lipinski definition) is 4. The van der Waals surface area contributed by atoms with Crippen molar-refractivity contribution < 1.29 is 19.7 Å². The topological polar surface area (TPSA) is 78.8 Å². The fourth-order valence-corrected chi connectivity index (χ4v) is 0.717. The molecule has 78 valence electrons. The molecule has 0 aromatic carbocycles. The zero-order valence-corrected chi connectivity index (χ0v) is 7.82. The number of aliphatic hydroxyl groups is 1. The zero-order chi connectivity index (χ0) is 10.1. The monoisotopic (exact) mass is 191 g/mol. The summed E-state index contributed by atoms with van der Waals surface area (Å²) < 4.78 is 4.97. The van der Waals surface area contributed by atoms with Crippen LogP contribution >= 0.6 is 0 Å². The Morgan fingerprint density at radius 3 is 2.77 bits per heavy atom. The molecule has 0 radical (unpaired) electrons. The summed E-state index contributed by atoms with van der Waals surface area (Å²) in [6.45, 7) is 3.54. The van der Waals surface area contributed by atoms with Crippen LogP contribution in [0.15, 0.2) is 0 Å². The van der Waals surface area contributed by atoms with Crippen LogP contribution in [-0.2, 0) is 9.53 Å². The van der Waals surface area contributed by atoms with E-state index in [2.05, 4.69) is 5.32 Å². The maximum atomic E-state index is 10.4. The molecule has 0 fully saturated rings. The van der Waals surface area contributed by atoms with Gasteiger partial charge in [0.2, 0.25) is 0 Å². The molecule has 0 aliphatic heterocycles. The van der Waals surface area contributed by atoms with Crippen LogP contribution in [0.25, 0.3) is 0 Å². The maximum Gasteiger partial charge on any atom is 0.307 e. The summed E-state index contributed by atoms with van der Waals surface area (Å²) in [5.74, 6) is -1.18. The van der Waals surface area contributed by atoms with Gasteiger partial charge in [-0.15, -0.1) is 0 Å². The lowest BCUT2D eigenvalue weighted by Crippen LogP contribution is -2.29. The highest BCUT2D eigenvalue weighted by molar-refractivity contribution is 5.69. The zero-order valence-electron chi connectivity index (χ0n) is 7.82. The predicted molar refractivity (Wildman–Crippen MR) is 47.6 cm³/mol. The summed E-state index contributed by atoms with van der Waals surface area (Å²) >= 11 is 0. The molecule has 0 heterocycles. The van der Waals surface area contributed by atoms with Crippen LogP contribution in [-0.4, -0.2) is 49.1 Å². The number of aliphatic carboxylic acids is 1. The first-order chi connectivity index (χ1) is 6.18. The maximum absolute atomic E-state index is 10.4. The van der Waals surface area contributed by atoms with Crippen molar-refractivity contribution >= 4 is 5.97 Å². The predicted octanol–water partition coefficient (Wildman–Crippen LogP) is -0.694. The first-order valence-corrected chi connectivity index (χ1v) is 4.30. The number of carboxylic acid groups (broad SMARTS) is 1. The van der Waals surface area contributed by atoms with Gasteiger partial charge in [-0.25, -0.2) is 0 Å². The second-order valence-electron chi connectivity index (χ2n) is 2.78. The Balaban J connectivity index is 3.11. The van der Waals surface area contributed by atoms with Crippen LogP contribution in [0.5, 0.6) is 0 Å². The first kappa shape index (κ1) is 12.3. The smallest absolute Gasteiger partial charge is 0.307 e. The minimum Gasteiger partial charge on any atom is -0.481 e. The van der Waals surface area contributed by atoms with Crippen LogP contribution in [0, 0.1) is 5.92 Å². The Kier molecular flexibility index (Phi) is 7.57. The molecule has 5 nitrogen and oxygen atoms in total. The molecule has 0 aromatic rings. The Labute approximate surface area is 77.7 Å².